The number of rotatable bonds is 0. The zero-order chi connectivity index (χ0) is 10.4. The van der Waals surface area contributed by atoms with Crippen molar-refractivity contribution in [2.24, 2.45) is 4.99 Å². The van der Waals surface area contributed by atoms with Gasteiger partial charge in [0.05, 0.1) is 5.52 Å². The number of aryl methyl sites for hydroxylation is 1. The first-order valence-electron chi connectivity index (χ1n) is 4.80. The molecule has 1 aromatic heterocycles. The number of aromatic nitrogens is 1. The molecule has 3 rings (SSSR count). The van der Waals surface area contributed by atoms with Gasteiger partial charge in [-0.1, -0.05) is 15.9 Å². The summed E-state index contributed by atoms with van der Waals surface area (Å²) in [5.41, 5.74) is 1.04. The Labute approximate surface area is 95.2 Å². The van der Waals surface area contributed by atoms with Crippen LogP contribution in [0.25, 0.3) is 10.9 Å². The van der Waals surface area contributed by atoms with Gasteiger partial charge in [0.2, 0.25) is 0 Å². The fourth-order valence-electron chi connectivity index (χ4n) is 1.99. The van der Waals surface area contributed by atoms with E-state index < -0.39 is 0 Å². The van der Waals surface area contributed by atoms with Crippen LogP contribution in [0.4, 0.5) is 5.82 Å². The Morgan fingerprint density at radius 1 is 1.40 bits per heavy atom. The lowest BCUT2D eigenvalue weighted by atomic mass is 10.2. The Morgan fingerprint density at radius 2 is 2.27 bits per heavy atom. The van der Waals surface area contributed by atoms with Crippen LogP contribution in [-0.4, -0.2) is 15.9 Å². The summed E-state index contributed by atoms with van der Waals surface area (Å²) in [6, 6.07) is 5.91. The largest absolute Gasteiger partial charge is 0.504 e. The lowest BCUT2D eigenvalue weighted by molar-refractivity contribution is 0.480. The highest BCUT2D eigenvalue weighted by Gasteiger charge is 2.17. The number of hydrogen-bond acceptors (Lipinski definition) is 2. The van der Waals surface area contributed by atoms with Crippen molar-refractivity contribution in [3.8, 4) is 5.75 Å². The number of fused-ring (bicyclic) bond motifs is 3. The first-order chi connectivity index (χ1) is 7.27. The molecular weight excluding hydrogens is 256 g/mol. The summed E-state index contributed by atoms with van der Waals surface area (Å²) in [5, 5.41) is 10.9. The van der Waals surface area contributed by atoms with Crippen molar-refractivity contribution in [3.05, 3.63) is 22.7 Å². The smallest absolute Gasteiger partial charge is 0.176 e. The van der Waals surface area contributed by atoms with E-state index in [0.717, 1.165) is 28.3 Å². The molecule has 0 amide bonds. The zero-order valence-corrected chi connectivity index (χ0v) is 9.53. The number of benzene rings is 1. The van der Waals surface area contributed by atoms with E-state index in [1.807, 2.05) is 24.4 Å². The molecule has 0 saturated heterocycles. The van der Waals surface area contributed by atoms with E-state index >= 15 is 0 Å². The fraction of sp³-hybridized carbons (Fsp3) is 0.182. The first-order valence-corrected chi connectivity index (χ1v) is 5.60. The maximum absolute atomic E-state index is 10.0. The molecule has 1 N–H and O–H groups in total. The second-order valence-electron chi connectivity index (χ2n) is 3.59. The van der Waals surface area contributed by atoms with Gasteiger partial charge >= 0.3 is 0 Å². The predicted octanol–water partition coefficient (Wildman–Crippen LogP) is 3.22. The average molecular weight is 265 g/mol. The standard InChI is InChI=1S/C11H9BrN2O/c12-7-2-3-9-8(6-7)10(15)11-13-4-1-5-14(9)11/h2-4,6,15H,1,5H2. The average Bonchev–Trinajstić information content (AvgIpc) is 2.54. The summed E-state index contributed by atoms with van der Waals surface area (Å²) in [7, 11) is 0. The van der Waals surface area contributed by atoms with Gasteiger partial charge in [0.15, 0.2) is 11.6 Å². The highest BCUT2D eigenvalue weighted by Crippen LogP contribution is 2.40. The summed E-state index contributed by atoms with van der Waals surface area (Å²) in [6.07, 6.45) is 2.77. The molecule has 4 heteroatoms. The second-order valence-corrected chi connectivity index (χ2v) is 4.50. The molecule has 3 nitrogen and oxygen atoms in total. The highest BCUT2D eigenvalue weighted by atomic mass is 79.9. The molecule has 0 atom stereocenters. The van der Waals surface area contributed by atoms with Crippen LogP contribution in [0.3, 0.4) is 0 Å². The van der Waals surface area contributed by atoms with Crippen molar-refractivity contribution < 1.29 is 5.11 Å². The number of halogens is 1. The van der Waals surface area contributed by atoms with Gasteiger partial charge < -0.3 is 9.67 Å². The Hall–Kier alpha value is -1.29. The zero-order valence-electron chi connectivity index (χ0n) is 7.94. The van der Waals surface area contributed by atoms with Crippen LogP contribution in [0.2, 0.25) is 0 Å². The maximum Gasteiger partial charge on any atom is 0.176 e. The van der Waals surface area contributed by atoms with Gasteiger partial charge in [0, 0.05) is 29.0 Å². The SMILES string of the molecule is Oc1c2n(c3ccc(Br)cc13)CCC=N2. The number of aliphatic imine (C=N–C) groups is 1. The summed E-state index contributed by atoms with van der Waals surface area (Å²) in [5.74, 6) is 0.955. The summed E-state index contributed by atoms with van der Waals surface area (Å²) in [6.45, 7) is 0.886. The summed E-state index contributed by atoms with van der Waals surface area (Å²) >= 11 is 3.40. The van der Waals surface area contributed by atoms with Gasteiger partial charge in [-0.25, -0.2) is 4.99 Å². The van der Waals surface area contributed by atoms with Gasteiger partial charge in [0.25, 0.3) is 0 Å². The molecular formula is C11H9BrN2O. The van der Waals surface area contributed by atoms with Crippen molar-refractivity contribution in [2.75, 3.05) is 0 Å². The molecule has 2 aromatic rings. The third-order valence-corrected chi connectivity index (χ3v) is 3.16. The van der Waals surface area contributed by atoms with Gasteiger partial charge in [-0.05, 0) is 18.2 Å². The monoisotopic (exact) mass is 264 g/mol. The van der Waals surface area contributed by atoms with Crippen molar-refractivity contribution >= 4 is 38.9 Å². The van der Waals surface area contributed by atoms with Crippen LogP contribution < -0.4 is 0 Å². The third kappa shape index (κ3) is 1.21. The van der Waals surface area contributed by atoms with Crippen molar-refractivity contribution in [2.45, 2.75) is 13.0 Å². The van der Waals surface area contributed by atoms with Crippen molar-refractivity contribution in [3.63, 3.8) is 0 Å². The van der Waals surface area contributed by atoms with Gasteiger partial charge in [-0.15, -0.1) is 0 Å². The molecule has 0 radical (unpaired) electrons. The Morgan fingerprint density at radius 3 is 3.13 bits per heavy atom. The molecule has 1 aromatic carbocycles. The Balaban J connectivity index is 2.45. The van der Waals surface area contributed by atoms with Crippen LogP contribution in [0.1, 0.15) is 6.42 Å². The number of aromatic hydroxyl groups is 1. The third-order valence-electron chi connectivity index (χ3n) is 2.67. The summed E-state index contributed by atoms with van der Waals surface area (Å²) in [4.78, 5) is 4.23. The molecule has 0 saturated carbocycles. The lowest BCUT2D eigenvalue weighted by Gasteiger charge is -2.09. The van der Waals surface area contributed by atoms with Crippen molar-refractivity contribution in [1.29, 1.82) is 0 Å². The van der Waals surface area contributed by atoms with Crippen LogP contribution in [0, 0.1) is 0 Å². The van der Waals surface area contributed by atoms with E-state index in [4.69, 9.17) is 0 Å². The van der Waals surface area contributed by atoms with Crippen LogP contribution in [0.5, 0.6) is 5.75 Å². The maximum atomic E-state index is 10.0. The minimum atomic E-state index is 0.280. The molecule has 0 fully saturated rings. The molecule has 0 aliphatic carbocycles. The van der Waals surface area contributed by atoms with Crippen LogP contribution in [-0.2, 0) is 6.54 Å². The molecule has 0 spiro atoms. The van der Waals surface area contributed by atoms with Gasteiger partial charge in [-0.2, -0.15) is 0 Å². The molecule has 2 heterocycles. The van der Waals surface area contributed by atoms with E-state index in [2.05, 4.69) is 25.5 Å². The van der Waals surface area contributed by atoms with E-state index in [-0.39, 0.29) is 5.75 Å². The molecule has 76 valence electrons. The highest BCUT2D eigenvalue weighted by molar-refractivity contribution is 9.10. The fourth-order valence-corrected chi connectivity index (χ4v) is 2.35. The Kier molecular flexibility index (Phi) is 1.85. The Bertz CT molecular complexity index is 571. The normalized spacial score (nSPS) is 14.5. The molecule has 0 bridgehead atoms. The topological polar surface area (TPSA) is 37.5 Å². The number of hydrogen-bond donors (Lipinski definition) is 1. The second kappa shape index (κ2) is 3.10. The molecule has 15 heavy (non-hydrogen) atoms. The van der Waals surface area contributed by atoms with Crippen LogP contribution >= 0.6 is 15.9 Å². The van der Waals surface area contributed by atoms with Gasteiger partial charge in [0.1, 0.15) is 0 Å². The minimum absolute atomic E-state index is 0.280. The van der Waals surface area contributed by atoms with Gasteiger partial charge in [-0.3, -0.25) is 0 Å². The quantitative estimate of drug-likeness (QED) is 0.780. The molecule has 1 aliphatic rings. The van der Waals surface area contributed by atoms with E-state index in [1.54, 1.807) is 0 Å². The van der Waals surface area contributed by atoms with Crippen molar-refractivity contribution in [1.82, 2.24) is 4.57 Å². The lowest BCUT2D eigenvalue weighted by Crippen LogP contribution is -2.01. The summed E-state index contributed by atoms with van der Waals surface area (Å²) < 4.78 is 3.02. The number of nitrogens with zero attached hydrogens (tertiary/aromatic N) is 2. The minimum Gasteiger partial charge on any atom is -0.504 e. The molecule has 1 aliphatic heterocycles. The van der Waals surface area contributed by atoms with E-state index in [9.17, 15) is 5.11 Å². The first kappa shape index (κ1) is 8.97. The molecule has 0 unspecified atom stereocenters. The van der Waals surface area contributed by atoms with E-state index in [1.165, 1.54) is 0 Å². The van der Waals surface area contributed by atoms with E-state index in [0.29, 0.717) is 5.82 Å². The van der Waals surface area contributed by atoms with Crippen LogP contribution in [0.15, 0.2) is 27.7 Å². The predicted molar refractivity (Wildman–Crippen MR) is 64.1 cm³/mol.